The molecule has 1 atom stereocenters. The van der Waals surface area contributed by atoms with Crippen LogP contribution in [0.25, 0.3) is 0 Å². The van der Waals surface area contributed by atoms with Crippen molar-refractivity contribution in [2.45, 2.75) is 19.1 Å². The second kappa shape index (κ2) is 3.22. The van der Waals surface area contributed by atoms with Crippen LogP contribution in [0.4, 0.5) is 5.69 Å². The molecule has 5 heteroatoms. The third kappa shape index (κ3) is 1.23. The van der Waals surface area contributed by atoms with Gasteiger partial charge in [-0.25, -0.2) is 4.79 Å². The molecule has 0 aliphatic carbocycles. The van der Waals surface area contributed by atoms with Crippen molar-refractivity contribution in [3.63, 3.8) is 0 Å². The predicted octanol–water partition coefficient (Wildman–Crippen LogP) is 1.96. The highest BCUT2D eigenvalue weighted by Crippen LogP contribution is 2.36. The Kier molecular flexibility index (Phi) is 1.94. The van der Waals surface area contributed by atoms with Gasteiger partial charge in [0.1, 0.15) is 0 Å². The number of hydrogen-bond acceptors (Lipinski definition) is 3. The van der Waals surface area contributed by atoms with Crippen molar-refractivity contribution in [3.05, 3.63) is 28.8 Å². The summed E-state index contributed by atoms with van der Waals surface area (Å²) in [7, 11) is 0. The first-order valence-electron chi connectivity index (χ1n) is 4.99. The van der Waals surface area contributed by atoms with E-state index >= 15 is 0 Å². The molecule has 0 bridgehead atoms. The van der Waals surface area contributed by atoms with Gasteiger partial charge in [-0.05, 0) is 18.2 Å². The number of rotatable bonds is 0. The maximum atomic E-state index is 11.7. The molecule has 4 nitrogen and oxygen atoms in total. The van der Waals surface area contributed by atoms with Gasteiger partial charge >= 0.3 is 5.97 Å². The van der Waals surface area contributed by atoms with Crippen molar-refractivity contribution in [3.8, 4) is 0 Å². The lowest BCUT2D eigenvalue weighted by atomic mass is 10.1. The molecule has 0 saturated carbocycles. The SMILES string of the molecule is O=C1OC2CCC(=O)N2c2ccc(Cl)cc21. The number of anilines is 1. The second-order valence-electron chi connectivity index (χ2n) is 3.82. The first-order valence-corrected chi connectivity index (χ1v) is 5.37. The van der Waals surface area contributed by atoms with Crippen molar-refractivity contribution in [1.82, 2.24) is 0 Å². The highest BCUT2D eigenvalue weighted by atomic mass is 35.5. The molecule has 1 amide bonds. The fraction of sp³-hybridized carbons (Fsp3) is 0.273. The Morgan fingerprint density at radius 2 is 2.19 bits per heavy atom. The number of ether oxygens (including phenoxy) is 1. The van der Waals surface area contributed by atoms with Crippen molar-refractivity contribution in [2.24, 2.45) is 0 Å². The Hall–Kier alpha value is -1.55. The normalized spacial score (nSPS) is 22.8. The summed E-state index contributed by atoms with van der Waals surface area (Å²) in [6.07, 6.45) is 0.542. The van der Waals surface area contributed by atoms with Crippen LogP contribution in [0.3, 0.4) is 0 Å². The van der Waals surface area contributed by atoms with E-state index in [-0.39, 0.29) is 5.91 Å². The number of halogens is 1. The molecule has 2 aliphatic heterocycles. The highest BCUT2D eigenvalue weighted by molar-refractivity contribution is 6.31. The lowest BCUT2D eigenvalue weighted by Gasteiger charge is -2.30. The third-order valence-electron chi connectivity index (χ3n) is 2.84. The van der Waals surface area contributed by atoms with Crippen LogP contribution in [-0.2, 0) is 9.53 Å². The molecule has 0 spiro atoms. The maximum absolute atomic E-state index is 11.7. The Bertz CT molecular complexity index is 500. The van der Waals surface area contributed by atoms with Gasteiger partial charge in [0.05, 0.1) is 11.3 Å². The molecule has 16 heavy (non-hydrogen) atoms. The molecule has 0 radical (unpaired) electrons. The number of esters is 1. The Labute approximate surface area is 96.7 Å². The summed E-state index contributed by atoms with van der Waals surface area (Å²) < 4.78 is 5.17. The molecule has 2 heterocycles. The number of benzene rings is 1. The van der Waals surface area contributed by atoms with E-state index in [2.05, 4.69) is 0 Å². The van der Waals surface area contributed by atoms with Gasteiger partial charge in [-0.15, -0.1) is 0 Å². The lowest BCUT2D eigenvalue weighted by Crippen LogP contribution is -2.41. The molecule has 82 valence electrons. The van der Waals surface area contributed by atoms with Gasteiger partial charge in [-0.1, -0.05) is 11.6 Å². The van der Waals surface area contributed by atoms with Crippen LogP contribution in [0.1, 0.15) is 23.2 Å². The van der Waals surface area contributed by atoms with Crippen LogP contribution in [-0.4, -0.2) is 18.1 Å². The minimum atomic E-state index is -0.436. The Morgan fingerprint density at radius 1 is 1.38 bits per heavy atom. The summed E-state index contributed by atoms with van der Waals surface area (Å²) >= 11 is 5.81. The van der Waals surface area contributed by atoms with Crippen LogP contribution < -0.4 is 4.90 Å². The van der Waals surface area contributed by atoms with Gasteiger partial charge in [0.25, 0.3) is 0 Å². The van der Waals surface area contributed by atoms with Crippen molar-refractivity contribution >= 4 is 29.2 Å². The fourth-order valence-corrected chi connectivity index (χ4v) is 2.30. The van der Waals surface area contributed by atoms with Crippen LogP contribution in [0.15, 0.2) is 18.2 Å². The number of amides is 1. The van der Waals surface area contributed by atoms with E-state index in [0.717, 1.165) is 0 Å². The molecular weight excluding hydrogens is 230 g/mol. The van der Waals surface area contributed by atoms with E-state index in [1.165, 1.54) is 11.0 Å². The van der Waals surface area contributed by atoms with Crippen LogP contribution in [0.5, 0.6) is 0 Å². The average Bonchev–Trinajstić information content (AvgIpc) is 2.61. The molecule has 1 unspecified atom stereocenters. The predicted molar refractivity (Wildman–Crippen MR) is 57.4 cm³/mol. The minimum absolute atomic E-state index is 0.0129. The number of hydrogen-bond donors (Lipinski definition) is 0. The smallest absolute Gasteiger partial charge is 0.342 e. The van der Waals surface area contributed by atoms with E-state index in [0.29, 0.717) is 29.1 Å². The average molecular weight is 238 g/mol. The summed E-state index contributed by atoms with van der Waals surface area (Å²) in [4.78, 5) is 24.9. The number of carbonyl (C=O) groups is 2. The Morgan fingerprint density at radius 3 is 3.00 bits per heavy atom. The van der Waals surface area contributed by atoms with Gasteiger partial charge in [0.2, 0.25) is 5.91 Å². The van der Waals surface area contributed by atoms with Crippen molar-refractivity contribution in [2.75, 3.05) is 4.90 Å². The number of fused-ring (bicyclic) bond motifs is 3. The van der Waals surface area contributed by atoms with Crippen LogP contribution in [0, 0.1) is 0 Å². The van der Waals surface area contributed by atoms with E-state index in [9.17, 15) is 9.59 Å². The lowest BCUT2D eigenvalue weighted by molar-refractivity contribution is -0.117. The van der Waals surface area contributed by atoms with E-state index in [4.69, 9.17) is 16.3 Å². The number of carbonyl (C=O) groups excluding carboxylic acids is 2. The topological polar surface area (TPSA) is 46.6 Å². The molecule has 1 fully saturated rings. The number of nitrogens with zero attached hydrogens (tertiary/aromatic N) is 1. The van der Waals surface area contributed by atoms with Gasteiger partial charge in [-0.2, -0.15) is 0 Å². The second-order valence-corrected chi connectivity index (χ2v) is 4.26. The Balaban J connectivity index is 2.18. The zero-order valence-corrected chi connectivity index (χ0v) is 9.03. The van der Waals surface area contributed by atoms with Crippen LogP contribution >= 0.6 is 11.6 Å². The summed E-state index contributed by atoms with van der Waals surface area (Å²) in [6.45, 7) is 0. The monoisotopic (exact) mass is 237 g/mol. The van der Waals surface area contributed by atoms with Gasteiger partial charge in [0, 0.05) is 17.9 Å². The summed E-state index contributed by atoms with van der Waals surface area (Å²) in [5.41, 5.74) is 0.965. The molecule has 2 aliphatic rings. The van der Waals surface area contributed by atoms with Gasteiger partial charge < -0.3 is 4.74 Å². The third-order valence-corrected chi connectivity index (χ3v) is 3.08. The zero-order chi connectivity index (χ0) is 11.3. The van der Waals surface area contributed by atoms with Crippen molar-refractivity contribution in [1.29, 1.82) is 0 Å². The van der Waals surface area contributed by atoms with Gasteiger partial charge in [0.15, 0.2) is 6.23 Å². The van der Waals surface area contributed by atoms with E-state index < -0.39 is 12.2 Å². The summed E-state index contributed by atoms with van der Waals surface area (Å²) in [6, 6.07) is 4.89. The fourth-order valence-electron chi connectivity index (χ4n) is 2.13. The summed E-state index contributed by atoms with van der Waals surface area (Å²) in [5.74, 6) is -0.422. The maximum Gasteiger partial charge on any atom is 0.342 e. The molecule has 0 aromatic heterocycles. The standard InChI is InChI=1S/C11H8ClNO3/c12-6-1-2-8-7(5-6)11(15)16-10-4-3-9(14)13(8)10/h1-2,5,10H,3-4H2. The quantitative estimate of drug-likeness (QED) is 0.648. The highest BCUT2D eigenvalue weighted by Gasteiger charge is 2.41. The molecule has 3 rings (SSSR count). The zero-order valence-electron chi connectivity index (χ0n) is 8.27. The minimum Gasteiger partial charge on any atom is -0.437 e. The molecular formula is C11H8ClNO3. The molecule has 0 N–H and O–H groups in total. The molecule has 1 saturated heterocycles. The van der Waals surface area contributed by atoms with E-state index in [1.807, 2.05) is 0 Å². The first-order chi connectivity index (χ1) is 7.66. The van der Waals surface area contributed by atoms with Crippen LogP contribution in [0.2, 0.25) is 5.02 Å². The largest absolute Gasteiger partial charge is 0.437 e. The summed E-state index contributed by atoms with van der Waals surface area (Å²) in [5, 5.41) is 0.459. The first kappa shape index (κ1) is 9.66. The molecule has 1 aromatic carbocycles. The van der Waals surface area contributed by atoms with Crippen molar-refractivity contribution < 1.29 is 14.3 Å². The molecule has 1 aromatic rings. The van der Waals surface area contributed by atoms with E-state index in [1.54, 1.807) is 12.1 Å². The van der Waals surface area contributed by atoms with Gasteiger partial charge in [-0.3, -0.25) is 9.69 Å².